The highest BCUT2D eigenvalue weighted by atomic mass is 16.1. The van der Waals surface area contributed by atoms with E-state index < -0.39 is 0 Å². The van der Waals surface area contributed by atoms with Gasteiger partial charge in [0.25, 0.3) is 0 Å². The van der Waals surface area contributed by atoms with Gasteiger partial charge in [-0.15, -0.1) is 0 Å². The van der Waals surface area contributed by atoms with Crippen LogP contribution in [0.5, 0.6) is 0 Å². The molecule has 0 saturated heterocycles. The standard InChI is InChI=1S/C8H9NO/c10-8-4-3-7-6(8)2-1-5-9-7/h3-4,9H,1-2,5H2. The lowest BCUT2D eigenvalue weighted by molar-refractivity contribution is -0.111. The summed E-state index contributed by atoms with van der Waals surface area (Å²) in [7, 11) is 0. The van der Waals surface area contributed by atoms with Crippen LogP contribution in [0.15, 0.2) is 23.4 Å². The monoisotopic (exact) mass is 135 g/mol. The van der Waals surface area contributed by atoms with Crippen molar-refractivity contribution < 1.29 is 4.79 Å². The summed E-state index contributed by atoms with van der Waals surface area (Å²) in [5.74, 6) is 0.196. The minimum absolute atomic E-state index is 0.196. The highest BCUT2D eigenvalue weighted by Crippen LogP contribution is 2.21. The Labute approximate surface area is 59.6 Å². The van der Waals surface area contributed by atoms with E-state index in [0.29, 0.717) is 0 Å². The Bertz CT molecular complexity index is 230. The number of rotatable bonds is 0. The second kappa shape index (κ2) is 1.97. The van der Waals surface area contributed by atoms with Crippen LogP contribution in [0.25, 0.3) is 0 Å². The quantitative estimate of drug-likeness (QED) is 0.531. The van der Waals surface area contributed by atoms with Crippen molar-refractivity contribution in [3.8, 4) is 0 Å². The number of carbonyl (C=O) groups is 1. The molecule has 0 atom stereocenters. The molecule has 2 rings (SSSR count). The van der Waals surface area contributed by atoms with Crippen molar-refractivity contribution in [1.82, 2.24) is 5.32 Å². The van der Waals surface area contributed by atoms with Crippen molar-refractivity contribution in [2.75, 3.05) is 6.54 Å². The average molecular weight is 135 g/mol. The molecular weight excluding hydrogens is 126 g/mol. The minimum Gasteiger partial charge on any atom is -0.385 e. The summed E-state index contributed by atoms with van der Waals surface area (Å²) >= 11 is 0. The molecule has 1 heterocycles. The van der Waals surface area contributed by atoms with Crippen molar-refractivity contribution >= 4 is 5.78 Å². The first-order chi connectivity index (χ1) is 4.88. The highest BCUT2D eigenvalue weighted by Gasteiger charge is 2.19. The van der Waals surface area contributed by atoms with Crippen molar-refractivity contribution in [1.29, 1.82) is 0 Å². The number of nitrogens with one attached hydrogen (secondary N) is 1. The van der Waals surface area contributed by atoms with E-state index >= 15 is 0 Å². The summed E-state index contributed by atoms with van der Waals surface area (Å²) < 4.78 is 0. The number of hydrogen-bond donors (Lipinski definition) is 1. The topological polar surface area (TPSA) is 29.1 Å². The molecule has 0 spiro atoms. The zero-order valence-electron chi connectivity index (χ0n) is 5.68. The van der Waals surface area contributed by atoms with E-state index in [4.69, 9.17) is 0 Å². The van der Waals surface area contributed by atoms with E-state index in [1.54, 1.807) is 6.08 Å². The van der Waals surface area contributed by atoms with Gasteiger partial charge in [0.2, 0.25) is 0 Å². The van der Waals surface area contributed by atoms with Crippen LogP contribution in [-0.4, -0.2) is 12.3 Å². The number of hydrogen-bond acceptors (Lipinski definition) is 2. The Morgan fingerprint density at radius 1 is 1.40 bits per heavy atom. The molecule has 0 amide bonds. The molecule has 0 aromatic rings. The van der Waals surface area contributed by atoms with Crippen LogP contribution in [0, 0.1) is 0 Å². The largest absolute Gasteiger partial charge is 0.385 e. The van der Waals surface area contributed by atoms with Gasteiger partial charge < -0.3 is 5.32 Å². The second-order valence-electron chi connectivity index (χ2n) is 2.62. The van der Waals surface area contributed by atoms with Crippen LogP contribution in [0.2, 0.25) is 0 Å². The third kappa shape index (κ3) is 0.685. The summed E-state index contributed by atoms with van der Waals surface area (Å²) in [5.41, 5.74) is 2.03. The maximum absolute atomic E-state index is 11.0. The molecule has 1 N–H and O–H groups in total. The lowest BCUT2D eigenvalue weighted by Crippen LogP contribution is -2.20. The first-order valence-corrected chi connectivity index (χ1v) is 3.57. The van der Waals surface area contributed by atoms with Gasteiger partial charge >= 0.3 is 0 Å². The van der Waals surface area contributed by atoms with Gasteiger partial charge in [-0.25, -0.2) is 0 Å². The molecular formula is C8H9NO. The minimum atomic E-state index is 0.196. The molecule has 0 bridgehead atoms. The SMILES string of the molecule is O=C1C=CC2=C1CCCN2. The van der Waals surface area contributed by atoms with E-state index in [1.807, 2.05) is 6.08 Å². The van der Waals surface area contributed by atoms with Crippen LogP contribution in [0.3, 0.4) is 0 Å². The fourth-order valence-corrected chi connectivity index (χ4v) is 1.40. The van der Waals surface area contributed by atoms with E-state index in [9.17, 15) is 4.79 Å². The Morgan fingerprint density at radius 2 is 2.30 bits per heavy atom. The Hall–Kier alpha value is -1.05. The van der Waals surface area contributed by atoms with Gasteiger partial charge in [-0.2, -0.15) is 0 Å². The highest BCUT2D eigenvalue weighted by molar-refractivity contribution is 6.07. The Morgan fingerprint density at radius 3 is 3.10 bits per heavy atom. The lowest BCUT2D eigenvalue weighted by Gasteiger charge is -2.14. The van der Waals surface area contributed by atoms with Crippen LogP contribution in [0.1, 0.15) is 12.8 Å². The van der Waals surface area contributed by atoms with Gasteiger partial charge in [0, 0.05) is 17.8 Å². The number of allylic oxidation sites excluding steroid dienone is 3. The first kappa shape index (κ1) is 5.71. The van der Waals surface area contributed by atoms with E-state index in [0.717, 1.165) is 30.7 Å². The number of ketones is 1. The van der Waals surface area contributed by atoms with Crippen molar-refractivity contribution in [3.05, 3.63) is 23.4 Å². The lowest BCUT2D eigenvalue weighted by atomic mass is 10.0. The molecule has 0 saturated carbocycles. The van der Waals surface area contributed by atoms with Gasteiger partial charge in [-0.1, -0.05) is 0 Å². The van der Waals surface area contributed by atoms with E-state index in [2.05, 4.69) is 5.32 Å². The predicted octanol–water partition coefficient (Wildman–Crippen LogP) is 0.763. The predicted molar refractivity (Wildman–Crippen MR) is 38.4 cm³/mol. The normalized spacial score (nSPS) is 23.0. The summed E-state index contributed by atoms with van der Waals surface area (Å²) in [6.45, 7) is 1.01. The maximum atomic E-state index is 11.0. The van der Waals surface area contributed by atoms with Crippen LogP contribution >= 0.6 is 0 Å². The first-order valence-electron chi connectivity index (χ1n) is 3.57. The second-order valence-corrected chi connectivity index (χ2v) is 2.62. The van der Waals surface area contributed by atoms with Crippen molar-refractivity contribution in [2.24, 2.45) is 0 Å². The molecule has 0 fully saturated rings. The summed E-state index contributed by atoms with van der Waals surface area (Å²) in [6, 6.07) is 0. The zero-order valence-corrected chi connectivity index (χ0v) is 5.68. The van der Waals surface area contributed by atoms with Crippen molar-refractivity contribution in [2.45, 2.75) is 12.8 Å². The van der Waals surface area contributed by atoms with Gasteiger partial charge in [0.15, 0.2) is 5.78 Å². The van der Waals surface area contributed by atoms with Crippen LogP contribution in [0.4, 0.5) is 0 Å². The Balaban J connectivity index is 2.36. The molecule has 2 aliphatic rings. The third-order valence-electron chi connectivity index (χ3n) is 1.94. The van der Waals surface area contributed by atoms with Gasteiger partial charge in [0.05, 0.1) is 0 Å². The third-order valence-corrected chi connectivity index (χ3v) is 1.94. The summed E-state index contributed by atoms with van der Waals surface area (Å²) in [4.78, 5) is 11.0. The van der Waals surface area contributed by atoms with Gasteiger partial charge in [0.1, 0.15) is 0 Å². The van der Waals surface area contributed by atoms with E-state index in [-0.39, 0.29) is 5.78 Å². The number of carbonyl (C=O) groups excluding carboxylic acids is 1. The molecule has 1 aliphatic carbocycles. The maximum Gasteiger partial charge on any atom is 0.183 e. The summed E-state index contributed by atoms with van der Waals surface area (Å²) in [6.07, 6.45) is 5.56. The smallest absolute Gasteiger partial charge is 0.183 e. The Kier molecular flexibility index (Phi) is 1.13. The molecule has 0 radical (unpaired) electrons. The van der Waals surface area contributed by atoms with Crippen LogP contribution in [-0.2, 0) is 4.79 Å². The molecule has 0 aromatic carbocycles. The van der Waals surface area contributed by atoms with Gasteiger partial charge in [-0.3, -0.25) is 4.79 Å². The van der Waals surface area contributed by atoms with E-state index in [1.165, 1.54) is 0 Å². The zero-order chi connectivity index (χ0) is 6.97. The average Bonchev–Trinajstić information content (AvgIpc) is 2.34. The van der Waals surface area contributed by atoms with Gasteiger partial charge in [-0.05, 0) is 25.0 Å². The fourth-order valence-electron chi connectivity index (χ4n) is 1.40. The molecule has 1 aliphatic heterocycles. The molecule has 2 heteroatoms. The molecule has 0 aromatic heterocycles. The molecule has 2 nitrogen and oxygen atoms in total. The fraction of sp³-hybridized carbons (Fsp3) is 0.375. The molecule has 10 heavy (non-hydrogen) atoms. The molecule has 0 unspecified atom stereocenters. The van der Waals surface area contributed by atoms with Crippen molar-refractivity contribution in [3.63, 3.8) is 0 Å². The van der Waals surface area contributed by atoms with Crippen LogP contribution < -0.4 is 5.32 Å². The molecule has 52 valence electrons. The summed E-state index contributed by atoms with van der Waals surface area (Å²) in [5, 5.41) is 3.18.